The second-order valence-corrected chi connectivity index (χ2v) is 6.88. The monoisotopic (exact) mass is 342 g/mol. The molecule has 1 aromatic heterocycles. The Morgan fingerprint density at radius 2 is 2.32 bits per heavy atom. The first-order valence-electron chi connectivity index (χ1n) is 9.03. The van der Waals surface area contributed by atoms with Crippen molar-refractivity contribution < 1.29 is 9.32 Å². The summed E-state index contributed by atoms with van der Waals surface area (Å²) in [6.45, 7) is 8.16. The summed E-state index contributed by atoms with van der Waals surface area (Å²) in [5.74, 6) is 1.75. The van der Waals surface area contributed by atoms with Crippen molar-refractivity contribution in [2.45, 2.75) is 33.1 Å². The summed E-state index contributed by atoms with van der Waals surface area (Å²) in [6.07, 6.45) is 3.60. The molecule has 1 fully saturated rings. The number of piperidine rings is 1. The number of carbonyl (C=O) groups excluding carboxylic acids is 1. The standard InChI is InChI=1S/C19H26N4O2/c1-14-6-4-10-23(13-14)11-5-9-20-19(24)17-8-3-7-16(12-17)18-21-15(2)25-22-18/h3,7-8,12,14H,4-6,9-11,13H2,1-2H3,(H,20,24)/t14-/m1/s1. The molecule has 6 nitrogen and oxygen atoms in total. The fourth-order valence-corrected chi connectivity index (χ4v) is 3.31. The Kier molecular flexibility index (Phi) is 5.81. The highest BCUT2D eigenvalue weighted by molar-refractivity contribution is 5.95. The van der Waals surface area contributed by atoms with Crippen LogP contribution in [0.1, 0.15) is 42.4 Å². The van der Waals surface area contributed by atoms with E-state index in [0.29, 0.717) is 23.8 Å². The number of benzene rings is 1. The normalized spacial score (nSPS) is 18.2. The molecular weight excluding hydrogens is 316 g/mol. The number of rotatable bonds is 6. The molecule has 1 atom stereocenters. The Bertz CT molecular complexity index is 713. The van der Waals surface area contributed by atoms with Gasteiger partial charge in [0.1, 0.15) is 0 Å². The van der Waals surface area contributed by atoms with Crippen molar-refractivity contribution in [2.24, 2.45) is 5.92 Å². The van der Waals surface area contributed by atoms with Crippen LogP contribution in [-0.4, -0.2) is 47.1 Å². The number of hydrogen-bond acceptors (Lipinski definition) is 5. The van der Waals surface area contributed by atoms with Crippen molar-refractivity contribution in [3.63, 3.8) is 0 Å². The fraction of sp³-hybridized carbons (Fsp3) is 0.526. The van der Waals surface area contributed by atoms with Crippen molar-refractivity contribution >= 4 is 5.91 Å². The number of likely N-dealkylation sites (tertiary alicyclic amines) is 1. The molecule has 134 valence electrons. The van der Waals surface area contributed by atoms with Crippen LogP contribution in [0.5, 0.6) is 0 Å². The van der Waals surface area contributed by atoms with Gasteiger partial charge in [-0.1, -0.05) is 24.2 Å². The van der Waals surface area contributed by atoms with Gasteiger partial charge in [-0.05, 0) is 50.4 Å². The number of hydrogen-bond donors (Lipinski definition) is 1. The second-order valence-electron chi connectivity index (χ2n) is 6.88. The van der Waals surface area contributed by atoms with Gasteiger partial charge in [0.25, 0.3) is 5.91 Å². The number of aryl methyl sites for hydroxylation is 1. The maximum atomic E-state index is 12.3. The van der Waals surface area contributed by atoms with E-state index in [9.17, 15) is 4.79 Å². The lowest BCUT2D eigenvalue weighted by atomic mass is 10.0. The van der Waals surface area contributed by atoms with E-state index in [0.717, 1.165) is 24.4 Å². The van der Waals surface area contributed by atoms with E-state index in [1.54, 1.807) is 19.1 Å². The molecule has 1 amide bonds. The Hall–Kier alpha value is -2.21. The quantitative estimate of drug-likeness (QED) is 0.817. The molecule has 1 aliphatic heterocycles. The van der Waals surface area contributed by atoms with E-state index >= 15 is 0 Å². The molecule has 0 aliphatic carbocycles. The average molecular weight is 342 g/mol. The molecule has 2 heterocycles. The van der Waals surface area contributed by atoms with Crippen LogP contribution in [0.2, 0.25) is 0 Å². The van der Waals surface area contributed by atoms with Crippen LogP contribution in [0, 0.1) is 12.8 Å². The van der Waals surface area contributed by atoms with Gasteiger partial charge in [0, 0.05) is 31.1 Å². The zero-order valence-electron chi connectivity index (χ0n) is 15.0. The van der Waals surface area contributed by atoms with Crippen molar-refractivity contribution in [3.8, 4) is 11.4 Å². The highest BCUT2D eigenvalue weighted by Gasteiger charge is 2.15. The van der Waals surface area contributed by atoms with Gasteiger partial charge in [0.2, 0.25) is 11.7 Å². The molecule has 6 heteroatoms. The molecular formula is C19H26N4O2. The van der Waals surface area contributed by atoms with Crippen molar-refractivity contribution in [1.29, 1.82) is 0 Å². The van der Waals surface area contributed by atoms with Gasteiger partial charge >= 0.3 is 0 Å². The van der Waals surface area contributed by atoms with Gasteiger partial charge < -0.3 is 14.7 Å². The summed E-state index contributed by atoms with van der Waals surface area (Å²) in [7, 11) is 0. The lowest BCUT2D eigenvalue weighted by molar-refractivity contribution is 0.0950. The van der Waals surface area contributed by atoms with Crippen LogP contribution in [0.3, 0.4) is 0 Å². The van der Waals surface area contributed by atoms with Gasteiger partial charge in [-0.3, -0.25) is 4.79 Å². The minimum absolute atomic E-state index is 0.0610. The first-order chi connectivity index (χ1) is 12.1. The largest absolute Gasteiger partial charge is 0.352 e. The van der Waals surface area contributed by atoms with Crippen LogP contribution in [0.15, 0.2) is 28.8 Å². The van der Waals surface area contributed by atoms with E-state index in [-0.39, 0.29) is 5.91 Å². The third-order valence-corrected chi connectivity index (χ3v) is 4.59. The zero-order chi connectivity index (χ0) is 17.6. The lowest BCUT2D eigenvalue weighted by Crippen LogP contribution is -2.36. The molecule has 1 saturated heterocycles. The molecule has 3 rings (SSSR count). The van der Waals surface area contributed by atoms with Crippen molar-refractivity contribution in [2.75, 3.05) is 26.2 Å². The van der Waals surface area contributed by atoms with Crippen molar-refractivity contribution in [3.05, 3.63) is 35.7 Å². The molecule has 2 aromatic rings. The SMILES string of the molecule is Cc1nc(-c2cccc(C(=O)NCCCN3CCC[C@@H](C)C3)c2)no1. The minimum Gasteiger partial charge on any atom is -0.352 e. The predicted molar refractivity (Wildman–Crippen MR) is 96.3 cm³/mol. The summed E-state index contributed by atoms with van der Waals surface area (Å²) < 4.78 is 5.00. The lowest BCUT2D eigenvalue weighted by Gasteiger charge is -2.30. The average Bonchev–Trinajstić information content (AvgIpc) is 3.05. The van der Waals surface area contributed by atoms with Crippen LogP contribution in [-0.2, 0) is 0 Å². The summed E-state index contributed by atoms with van der Waals surface area (Å²) in [4.78, 5) is 19.0. The minimum atomic E-state index is -0.0610. The topological polar surface area (TPSA) is 71.3 Å². The summed E-state index contributed by atoms with van der Waals surface area (Å²) in [5, 5.41) is 6.90. The molecule has 0 bridgehead atoms. The molecule has 0 spiro atoms. The van der Waals surface area contributed by atoms with E-state index in [1.165, 1.54) is 25.9 Å². The Morgan fingerprint density at radius 3 is 3.08 bits per heavy atom. The van der Waals surface area contributed by atoms with E-state index < -0.39 is 0 Å². The number of aromatic nitrogens is 2. The van der Waals surface area contributed by atoms with Gasteiger partial charge in [-0.15, -0.1) is 0 Å². The van der Waals surface area contributed by atoms with Crippen LogP contribution in [0.25, 0.3) is 11.4 Å². The van der Waals surface area contributed by atoms with Gasteiger partial charge in [0.15, 0.2) is 0 Å². The smallest absolute Gasteiger partial charge is 0.251 e. The van der Waals surface area contributed by atoms with Crippen molar-refractivity contribution in [1.82, 2.24) is 20.4 Å². The summed E-state index contributed by atoms with van der Waals surface area (Å²) in [6, 6.07) is 7.31. The van der Waals surface area contributed by atoms with Crippen LogP contribution < -0.4 is 5.32 Å². The number of nitrogens with zero attached hydrogens (tertiary/aromatic N) is 3. The number of carbonyl (C=O) groups is 1. The zero-order valence-corrected chi connectivity index (χ0v) is 15.0. The van der Waals surface area contributed by atoms with Gasteiger partial charge in [0.05, 0.1) is 0 Å². The predicted octanol–water partition coefficient (Wildman–Crippen LogP) is 2.90. The molecule has 0 unspecified atom stereocenters. The summed E-state index contributed by atoms with van der Waals surface area (Å²) >= 11 is 0. The van der Waals surface area contributed by atoms with E-state index in [4.69, 9.17) is 4.52 Å². The molecule has 1 aromatic carbocycles. The maximum absolute atomic E-state index is 12.3. The highest BCUT2D eigenvalue weighted by atomic mass is 16.5. The second kappa shape index (κ2) is 8.25. The highest BCUT2D eigenvalue weighted by Crippen LogP contribution is 2.17. The first-order valence-corrected chi connectivity index (χ1v) is 9.03. The Labute approximate surface area is 148 Å². The van der Waals surface area contributed by atoms with E-state index in [1.807, 2.05) is 12.1 Å². The third kappa shape index (κ3) is 4.89. The number of amides is 1. The molecule has 0 radical (unpaired) electrons. The van der Waals surface area contributed by atoms with Crippen LogP contribution in [0.4, 0.5) is 0 Å². The third-order valence-electron chi connectivity index (χ3n) is 4.59. The first kappa shape index (κ1) is 17.6. The summed E-state index contributed by atoms with van der Waals surface area (Å²) in [5.41, 5.74) is 1.40. The van der Waals surface area contributed by atoms with Gasteiger partial charge in [-0.2, -0.15) is 4.98 Å². The van der Waals surface area contributed by atoms with Crippen LogP contribution >= 0.6 is 0 Å². The number of nitrogens with one attached hydrogen (secondary N) is 1. The van der Waals surface area contributed by atoms with Gasteiger partial charge in [-0.25, -0.2) is 0 Å². The Morgan fingerprint density at radius 1 is 1.44 bits per heavy atom. The maximum Gasteiger partial charge on any atom is 0.251 e. The molecule has 0 saturated carbocycles. The Balaban J connectivity index is 1.48. The molecule has 1 N–H and O–H groups in total. The molecule has 25 heavy (non-hydrogen) atoms. The van der Waals surface area contributed by atoms with E-state index in [2.05, 4.69) is 27.3 Å². The molecule has 1 aliphatic rings. The fourth-order valence-electron chi connectivity index (χ4n) is 3.31.